The minimum Gasteiger partial charge on any atom is 0 e. The van der Waals surface area contributed by atoms with Gasteiger partial charge in [-0.2, -0.15) is 0 Å². The van der Waals surface area contributed by atoms with Gasteiger partial charge in [0.25, 0.3) is 0 Å². The van der Waals surface area contributed by atoms with E-state index in [1.165, 1.54) is 38.5 Å². The van der Waals surface area contributed by atoms with Crippen LogP contribution in [-0.4, -0.2) is 0 Å². The number of halogens is 2. The average Bonchev–Trinajstić information content (AvgIpc) is 2.19. The van der Waals surface area contributed by atoms with Crippen molar-refractivity contribution < 1.29 is 36.4 Å². The van der Waals surface area contributed by atoms with E-state index in [0.29, 0.717) is 0 Å². The number of rotatable bonds is 0. The summed E-state index contributed by atoms with van der Waals surface area (Å²) in [7, 11) is 9.63. The Morgan fingerprint density at radius 3 is 0.812 bits per heavy atom. The molecule has 0 bridgehead atoms. The van der Waals surface area contributed by atoms with Crippen LogP contribution in [0.15, 0.2) is 36.5 Å². The average molecular weight is 446 g/mol. The first kappa shape index (κ1) is 19.5. The Morgan fingerprint density at radius 1 is 0.562 bits per heavy atom. The van der Waals surface area contributed by atoms with Gasteiger partial charge in [-0.05, 0) is 38.5 Å². The smallest absolute Gasteiger partial charge is 0 e. The zero-order chi connectivity index (χ0) is 11.2. The Bertz CT molecular complexity index is 150. The van der Waals surface area contributed by atoms with E-state index in [2.05, 4.69) is 36.5 Å². The molecule has 0 heterocycles. The Balaban J connectivity index is 0. The molecule has 0 N–H and O–H groups in total. The summed E-state index contributed by atoms with van der Waals surface area (Å²) in [5, 5.41) is 0. The Morgan fingerprint density at radius 2 is 0.688 bits per heavy atom. The van der Waals surface area contributed by atoms with Crippen LogP contribution in [0.3, 0.4) is 0 Å². The number of hydrogen-bond acceptors (Lipinski definition) is 0. The quantitative estimate of drug-likeness (QED) is 0.346. The summed E-state index contributed by atoms with van der Waals surface area (Å²) < 4.78 is 0. The third kappa shape index (κ3) is 17.5. The van der Waals surface area contributed by atoms with Crippen LogP contribution in [0.1, 0.15) is 38.5 Å². The fourth-order valence-corrected chi connectivity index (χ4v) is 1.28. The molecule has 0 unspecified atom stereocenters. The monoisotopic (exact) mass is 444 g/mol. The summed E-state index contributed by atoms with van der Waals surface area (Å²) in [6, 6.07) is 0. The van der Waals surface area contributed by atoms with E-state index in [9.17, 15) is 0 Å². The molecule has 0 aromatic carbocycles. The van der Waals surface area contributed by atoms with Crippen LogP contribution in [0.2, 0.25) is 0 Å². The van der Waals surface area contributed by atoms with Crippen LogP contribution < -0.4 is 0 Å². The molecule has 100 valence electrons. The fourth-order valence-electron chi connectivity index (χ4n) is 1.28. The van der Waals surface area contributed by atoms with Crippen LogP contribution in [0.5, 0.6) is 0 Å². The van der Waals surface area contributed by atoms with Gasteiger partial charge >= 0.3 is 35.0 Å². The summed E-state index contributed by atoms with van der Waals surface area (Å²) in [5.41, 5.74) is 0. The van der Waals surface area contributed by atoms with Crippen molar-refractivity contribution in [3.63, 3.8) is 0 Å². The molecular weight excluding hydrogens is 428 g/mol. The molecule has 0 nitrogen and oxygen atoms in total. The molecule has 0 amide bonds. The molecule has 0 atom stereocenters. The Labute approximate surface area is 129 Å². The van der Waals surface area contributed by atoms with Crippen LogP contribution in [0, 0.1) is 0 Å². The maximum absolute atomic E-state index is 4.81. The predicted octanol–water partition coefficient (Wildman–Crippen LogP) is 5.38. The third-order valence-corrected chi connectivity index (χ3v) is 2.00. The van der Waals surface area contributed by atoms with Crippen LogP contribution in [0.4, 0.5) is 0 Å². The van der Waals surface area contributed by atoms with E-state index < -0.39 is 0 Å². The summed E-state index contributed by atoms with van der Waals surface area (Å²) in [5.74, 6) is 0. The van der Waals surface area contributed by atoms with E-state index in [0.717, 1.165) is 0 Å². The Hall–Kier alpha value is 1.12. The molecule has 0 aromatic heterocycles. The van der Waals surface area contributed by atoms with Crippen molar-refractivity contribution in [2.24, 2.45) is 0 Å². The van der Waals surface area contributed by atoms with Crippen molar-refractivity contribution in [2.75, 3.05) is 0 Å². The van der Waals surface area contributed by atoms with Gasteiger partial charge in [0.1, 0.15) is 0 Å². The third-order valence-electron chi connectivity index (χ3n) is 2.00. The van der Waals surface area contributed by atoms with E-state index in [-0.39, 0.29) is 36.4 Å². The second-order valence-corrected chi connectivity index (χ2v) is 5.55. The minimum atomic E-state index is -0.106. The summed E-state index contributed by atoms with van der Waals surface area (Å²) in [6.45, 7) is 0. The molecule has 1 aliphatic rings. The van der Waals surface area contributed by atoms with Crippen LogP contribution in [-0.2, 0) is 36.4 Å². The van der Waals surface area contributed by atoms with Crippen molar-refractivity contribution >= 4 is 19.1 Å². The summed E-state index contributed by atoms with van der Waals surface area (Å²) in [6.07, 6.45) is 21.0. The van der Waals surface area contributed by atoms with Gasteiger partial charge in [-0.3, -0.25) is 0 Å². The van der Waals surface area contributed by atoms with Gasteiger partial charge in [-0.15, -0.1) is 0 Å². The van der Waals surface area contributed by atoms with E-state index in [1.54, 1.807) is 0 Å². The van der Waals surface area contributed by atoms with E-state index in [1.807, 2.05) is 0 Å². The molecule has 0 fully saturated rings. The van der Waals surface area contributed by atoms with Crippen molar-refractivity contribution in [1.29, 1.82) is 0 Å². The zero-order valence-electron chi connectivity index (χ0n) is 9.10. The number of hydrogen-bond donors (Lipinski definition) is 0. The van der Waals surface area contributed by atoms with Crippen molar-refractivity contribution in [1.82, 2.24) is 0 Å². The van der Waals surface area contributed by atoms with Gasteiger partial charge in [-0.1, -0.05) is 36.5 Å². The molecule has 0 aromatic rings. The predicted molar refractivity (Wildman–Crippen MR) is 66.8 cm³/mol. The van der Waals surface area contributed by atoms with E-state index in [4.69, 9.17) is 19.1 Å². The molecule has 16 heavy (non-hydrogen) atoms. The fraction of sp³-hybridized carbons (Fsp3) is 0.500. The molecule has 0 spiro atoms. The number of allylic oxidation sites excluding steroid dienone is 6. The van der Waals surface area contributed by atoms with Crippen molar-refractivity contribution in [3.8, 4) is 0 Å². The topological polar surface area (TPSA) is 0 Å². The van der Waals surface area contributed by atoms with Gasteiger partial charge in [0, 0.05) is 20.4 Å². The Kier molecular flexibility index (Phi) is 22.5. The van der Waals surface area contributed by atoms with Gasteiger partial charge in [-0.25, -0.2) is 0 Å². The first-order valence-electron chi connectivity index (χ1n) is 5.19. The molecular formula is C12H18Cl2Pd2. The summed E-state index contributed by atoms with van der Waals surface area (Å²) >= 11 is -0.106. The molecule has 4 heteroatoms. The maximum atomic E-state index is 4.81. The largest absolute Gasteiger partial charge is 0 e. The first-order valence-corrected chi connectivity index (χ1v) is 9.19. The molecule has 0 radical (unpaired) electrons. The second kappa shape index (κ2) is 18.5. The SMILES string of the molecule is C1=CCC/C=C\CC/C=C\CC1.[Cl][Pd][Cl].[Pd]. The van der Waals surface area contributed by atoms with Crippen LogP contribution >= 0.6 is 19.1 Å². The standard InChI is InChI=1S/C12H18.2ClH.2Pd/c1-2-4-6-8-10-12-11-9-7-5-3-1;;;;/h1-2,7-10H,3-6,11-12H2;2*1H;;/q;;;;+2/p-2/b2-1-,9-7-,10-8?;;;;. The molecule has 1 aliphatic carbocycles. The first-order chi connectivity index (χ1) is 7.41. The summed E-state index contributed by atoms with van der Waals surface area (Å²) in [4.78, 5) is 0. The maximum Gasteiger partial charge on any atom is 0 e. The minimum absolute atomic E-state index is 0. The molecule has 0 saturated carbocycles. The second-order valence-electron chi connectivity index (χ2n) is 3.19. The molecule has 0 aliphatic heterocycles. The van der Waals surface area contributed by atoms with Gasteiger partial charge in [0.2, 0.25) is 0 Å². The van der Waals surface area contributed by atoms with E-state index >= 15 is 0 Å². The van der Waals surface area contributed by atoms with Gasteiger partial charge in [0.15, 0.2) is 0 Å². The van der Waals surface area contributed by atoms with Gasteiger partial charge < -0.3 is 0 Å². The molecule has 1 rings (SSSR count). The van der Waals surface area contributed by atoms with Crippen molar-refractivity contribution in [3.05, 3.63) is 36.5 Å². The zero-order valence-corrected chi connectivity index (χ0v) is 13.7. The van der Waals surface area contributed by atoms with Gasteiger partial charge in [0.05, 0.1) is 0 Å². The molecule has 0 saturated heterocycles. The van der Waals surface area contributed by atoms with Crippen LogP contribution in [0.25, 0.3) is 0 Å². The van der Waals surface area contributed by atoms with Crippen molar-refractivity contribution in [2.45, 2.75) is 38.5 Å². The normalized spacial score (nSPS) is 20.4.